The number of rotatable bonds is 0. The van der Waals surface area contributed by atoms with Crippen LogP contribution in [0.5, 0.6) is 0 Å². The van der Waals surface area contributed by atoms with Crippen LogP contribution in [0.4, 0.5) is 0 Å². The van der Waals surface area contributed by atoms with Gasteiger partial charge in [0.25, 0.3) is 0 Å². The first-order valence-electron chi connectivity index (χ1n) is 4.12. The van der Waals surface area contributed by atoms with Gasteiger partial charge in [-0.2, -0.15) is 0 Å². The molecule has 0 aromatic carbocycles. The summed E-state index contributed by atoms with van der Waals surface area (Å²) in [7, 11) is 0. The Morgan fingerprint density at radius 2 is 1.60 bits per heavy atom. The number of halogens is 1. The van der Waals surface area contributed by atoms with Crippen molar-refractivity contribution >= 4 is 12.4 Å². The molecule has 2 heteroatoms. The number of hydrogen-bond donors (Lipinski definition) is 1. The van der Waals surface area contributed by atoms with E-state index in [9.17, 15) is 0 Å². The Balaban J connectivity index is 0.000000500. The summed E-state index contributed by atoms with van der Waals surface area (Å²) in [6.07, 6.45) is 7.11. The molecule has 3 aliphatic rings. The summed E-state index contributed by atoms with van der Waals surface area (Å²) in [6.45, 7) is 0. The Hall–Kier alpha value is 0.250. The predicted molar refractivity (Wildman–Crippen MR) is 45.3 cm³/mol. The highest BCUT2D eigenvalue weighted by Crippen LogP contribution is 2.40. The van der Waals surface area contributed by atoms with Crippen molar-refractivity contribution in [1.82, 2.24) is 0 Å². The molecule has 1 unspecified atom stereocenters. The maximum atomic E-state index is 5.92. The van der Waals surface area contributed by atoms with Gasteiger partial charge in [-0.1, -0.05) is 12.8 Å². The molecule has 3 saturated carbocycles. The summed E-state index contributed by atoms with van der Waals surface area (Å²) in [4.78, 5) is 0. The van der Waals surface area contributed by atoms with Gasteiger partial charge in [0.05, 0.1) is 0 Å². The van der Waals surface area contributed by atoms with Crippen molar-refractivity contribution in [3.05, 3.63) is 0 Å². The molecule has 0 radical (unpaired) electrons. The van der Waals surface area contributed by atoms with Crippen LogP contribution in [0.2, 0.25) is 0 Å². The van der Waals surface area contributed by atoms with Gasteiger partial charge in [0.15, 0.2) is 0 Å². The Labute approximate surface area is 68.8 Å². The summed E-state index contributed by atoms with van der Waals surface area (Å²) in [5, 5.41) is 0. The average molecular weight is 162 g/mol. The van der Waals surface area contributed by atoms with Crippen LogP contribution in [-0.4, -0.2) is 6.04 Å². The van der Waals surface area contributed by atoms with Gasteiger partial charge in [-0.25, -0.2) is 0 Å². The van der Waals surface area contributed by atoms with E-state index in [4.69, 9.17) is 5.73 Å². The molecule has 60 valence electrons. The van der Waals surface area contributed by atoms with E-state index in [1.54, 1.807) is 0 Å². The van der Waals surface area contributed by atoms with E-state index >= 15 is 0 Å². The molecule has 0 aromatic rings. The van der Waals surface area contributed by atoms with E-state index in [2.05, 4.69) is 0 Å². The third kappa shape index (κ3) is 1.30. The SMILES string of the molecule is Cl.NC1CC2CCC1CC2. The molecule has 2 N–H and O–H groups in total. The first kappa shape index (κ1) is 8.35. The Morgan fingerprint density at radius 1 is 1.00 bits per heavy atom. The van der Waals surface area contributed by atoms with E-state index in [1.807, 2.05) is 0 Å². The van der Waals surface area contributed by atoms with Gasteiger partial charge in [-0.3, -0.25) is 0 Å². The molecule has 3 rings (SSSR count). The van der Waals surface area contributed by atoms with Crippen molar-refractivity contribution in [1.29, 1.82) is 0 Å². The Bertz CT molecular complexity index is 108. The van der Waals surface area contributed by atoms with Gasteiger partial charge in [-0.15, -0.1) is 12.4 Å². The zero-order valence-electron chi connectivity index (χ0n) is 6.25. The summed E-state index contributed by atoms with van der Waals surface area (Å²) in [6, 6.07) is 0.567. The maximum Gasteiger partial charge on any atom is 0.00698 e. The lowest BCUT2D eigenvalue weighted by Gasteiger charge is -2.40. The van der Waals surface area contributed by atoms with Gasteiger partial charge >= 0.3 is 0 Å². The first-order chi connectivity index (χ1) is 4.36. The zero-order valence-corrected chi connectivity index (χ0v) is 7.07. The molecule has 1 nitrogen and oxygen atoms in total. The van der Waals surface area contributed by atoms with Gasteiger partial charge in [0, 0.05) is 6.04 Å². The standard InChI is InChI=1S/C8H15N.ClH/c9-8-5-6-1-3-7(8)4-2-6;/h6-8H,1-5,9H2;1H. The number of hydrogen-bond acceptors (Lipinski definition) is 1. The molecule has 3 fully saturated rings. The number of nitrogens with two attached hydrogens (primary N) is 1. The van der Waals surface area contributed by atoms with Crippen LogP contribution in [0.3, 0.4) is 0 Å². The highest BCUT2D eigenvalue weighted by molar-refractivity contribution is 5.85. The lowest BCUT2D eigenvalue weighted by atomic mass is 9.68. The lowest BCUT2D eigenvalue weighted by Crippen LogP contribution is -2.40. The molecular weight excluding hydrogens is 146 g/mol. The van der Waals surface area contributed by atoms with Gasteiger partial charge < -0.3 is 5.73 Å². The topological polar surface area (TPSA) is 26.0 Å². The minimum Gasteiger partial charge on any atom is -0.327 e. The quantitative estimate of drug-likeness (QED) is 0.578. The van der Waals surface area contributed by atoms with Crippen LogP contribution in [0, 0.1) is 11.8 Å². The normalized spacial score (nSPS) is 44.7. The minimum atomic E-state index is 0. The van der Waals surface area contributed by atoms with Crippen LogP contribution in [0.15, 0.2) is 0 Å². The van der Waals surface area contributed by atoms with Crippen molar-refractivity contribution in [2.24, 2.45) is 17.6 Å². The Kier molecular flexibility index (Phi) is 2.59. The largest absolute Gasteiger partial charge is 0.327 e. The highest BCUT2D eigenvalue weighted by atomic mass is 35.5. The molecule has 0 aromatic heterocycles. The monoisotopic (exact) mass is 161 g/mol. The maximum absolute atomic E-state index is 5.92. The van der Waals surface area contributed by atoms with E-state index in [0.29, 0.717) is 6.04 Å². The molecule has 0 saturated heterocycles. The third-order valence-corrected chi connectivity index (χ3v) is 3.10. The predicted octanol–water partition coefficient (Wildman–Crippen LogP) is 1.95. The molecule has 0 heterocycles. The van der Waals surface area contributed by atoms with Crippen LogP contribution < -0.4 is 5.73 Å². The third-order valence-electron chi connectivity index (χ3n) is 3.10. The summed E-state index contributed by atoms with van der Waals surface area (Å²) >= 11 is 0. The zero-order chi connectivity index (χ0) is 6.27. The second kappa shape index (κ2) is 3.10. The summed E-state index contributed by atoms with van der Waals surface area (Å²) in [5.74, 6) is 1.90. The van der Waals surface area contributed by atoms with Crippen LogP contribution in [0.25, 0.3) is 0 Å². The van der Waals surface area contributed by atoms with Crippen molar-refractivity contribution in [2.45, 2.75) is 38.1 Å². The average Bonchev–Trinajstić information content (AvgIpc) is 1.90. The minimum absolute atomic E-state index is 0. The van der Waals surface area contributed by atoms with E-state index in [-0.39, 0.29) is 12.4 Å². The van der Waals surface area contributed by atoms with Gasteiger partial charge in [0.1, 0.15) is 0 Å². The summed E-state index contributed by atoms with van der Waals surface area (Å²) < 4.78 is 0. The summed E-state index contributed by atoms with van der Waals surface area (Å²) in [5.41, 5.74) is 5.92. The van der Waals surface area contributed by atoms with Crippen molar-refractivity contribution in [3.63, 3.8) is 0 Å². The Morgan fingerprint density at radius 3 is 1.80 bits per heavy atom. The van der Waals surface area contributed by atoms with Crippen LogP contribution in [0.1, 0.15) is 32.1 Å². The second-order valence-electron chi connectivity index (χ2n) is 3.68. The molecule has 3 aliphatic carbocycles. The number of fused-ring (bicyclic) bond motifs is 3. The van der Waals surface area contributed by atoms with Crippen molar-refractivity contribution < 1.29 is 0 Å². The molecule has 0 spiro atoms. The molecule has 10 heavy (non-hydrogen) atoms. The molecule has 2 bridgehead atoms. The molecule has 0 aliphatic heterocycles. The highest BCUT2D eigenvalue weighted by Gasteiger charge is 2.32. The van der Waals surface area contributed by atoms with Crippen LogP contribution >= 0.6 is 12.4 Å². The fourth-order valence-corrected chi connectivity index (χ4v) is 2.43. The van der Waals surface area contributed by atoms with E-state index < -0.39 is 0 Å². The first-order valence-corrected chi connectivity index (χ1v) is 4.12. The lowest BCUT2D eigenvalue weighted by molar-refractivity contribution is 0.147. The fourth-order valence-electron chi connectivity index (χ4n) is 2.43. The van der Waals surface area contributed by atoms with Crippen molar-refractivity contribution in [2.75, 3.05) is 0 Å². The van der Waals surface area contributed by atoms with Gasteiger partial charge in [0.2, 0.25) is 0 Å². The second-order valence-corrected chi connectivity index (χ2v) is 3.68. The molecule has 1 atom stereocenters. The van der Waals surface area contributed by atoms with Crippen LogP contribution in [-0.2, 0) is 0 Å². The van der Waals surface area contributed by atoms with E-state index in [0.717, 1.165) is 11.8 Å². The van der Waals surface area contributed by atoms with Gasteiger partial charge in [-0.05, 0) is 31.1 Å². The molecular formula is C8H16ClN. The molecule has 0 amide bonds. The fraction of sp³-hybridized carbons (Fsp3) is 1.00. The van der Waals surface area contributed by atoms with E-state index in [1.165, 1.54) is 32.1 Å². The smallest absolute Gasteiger partial charge is 0.00698 e. The van der Waals surface area contributed by atoms with Crippen molar-refractivity contribution in [3.8, 4) is 0 Å².